The summed E-state index contributed by atoms with van der Waals surface area (Å²) >= 11 is 0. The maximum absolute atomic E-state index is 4.52. The molecule has 2 aliphatic heterocycles. The van der Waals surface area contributed by atoms with Crippen LogP contribution in [0.5, 0.6) is 0 Å². The number of nitrogens with one attached hydrogen (secondary N) is 1. The SMILES string of the molecule is C1=CC(C2CCNCC2)=NOO1. The van der Waals surface area contributed by atoms with Crippen LogP contribution in [0.3, 0.4) is 0 Å². The van der Waals surface area contributed by atoms with Crippen LogP contribution in [0.1, 0.15) is 12.8 Å². The van der Waals surface area contributed by atoms with Crippen molar-refractivity contribution in [3.63, 3.8) is 0 Å². The quantitative estimate of drug-likeness (QED) is 0.589. The normalized spacial score (nSPS) is 24.2. The van der Waals surface area contributed by atoms with Crippen molar-refractivity contribution in [2.75, 3.05) is 13.1 Å². The molecule has 0 spiro atoms. The van der Waals surface area contributed by atoms with Crippen molar-refractivity contribution < 1.29 is 9.88 Å². The topological polar surface area (TPSA) is 42.9 Å². The monoisotopic (exact) mass is 168 g/mol. The third-order valence-corrected chi connectivity index (χ3v) is 2.24. The first-order valence-corrected chi connectivity index (χ1v) is 4.24. The number of hydrogen-bond donors (Lipinski definition) is 1. The fourth-order valence-corrected chi connectivity index (χ4v) is 1.55. The Bertz CT molecular complexity index is 207. The lowest BCUT2D eigenvalue weighted by atomic mass is 9.93. The van der Waals surface area contributed by atoms with Gasteiger partial charge in [-0.2, -0.15) is 4.99 Å². The van der Waals surface area contributed by atoms with Crippen LogP contribution in [-0.4, -0.2) is 18.8 Å². The number of oxime groups is 1. The van der Waals surface area contributed by atoms with E-state index < -0.39 is 0 Å². The van der Waals surface area contributed by atoms with Crippen LogP contribution in [-0.2, 0) is 9.88 Å². The summed E-state index contributed by atoms with van der Waals surface area (Å²) in [4.78, 5) is 9.02. The van der Waals surface area contributed by atoms with E-state index >= 15 is 0 Å². The zero-order chi connectivity index (χ0) is 8.23. The lowest BCUT2D eigenvalue weighted by Gasteiger charge is -2.22. The summed E-state index contributed by atoms with van der Waals surface area (Å²) in [6, 6.07) is 0. The maximum Gasteiger partial charge on any atom is 0.147 e. The number of allylic oxidation sites excluding steroid dienone is 1. The van der Waals surface area contributed by atoms with Gasteiger partial charge in [0, 0.05) is 12.0 Å². The summed E-state index contributed by atoms with van der Waals surface area (Å²) in [7, 11) is 0. The molecule has 0 bridgehead atoms. The fourth-order valence-electron chi connectivity index (χ4n) is 1.55. The highest BCUT2D eigenvalue weighted by molar-refractivity contribution is 5.96. The van der Waals surface area contributed by atoms with E-state index in [1.54, 1.807) is 0 Å². The Kier molecular flexibility index (Phi) is 2.27. The lowest BCUT2D eigenvalue weighted by molar-refractivity contribution is -0.252. The third kappa shape index (κ3) is 1.58. The number of nitrogens with zero attached hydrogens (tertiary/aromatic N) is 1. The van der Waals surface area contributed by atoms with E-state index in [2.05, 4.69) is 20.3 Å². The van der Waals surface area contributed by atoms with Crippen LogP contribution in [0, 0.1) is 5.92 Å². The van der Waals surface area contributed by atoms with Crippen LogP contribution in [0.4, 0.5) is 0 Å². The average molecular weight is 168 g/mol. The largest absolute Gasteiger partial charge is 0.317 e. The second-order valence-electron chi connectivity index (χ2n) is 3.01. The molecule has 4 heteroatoms. The zero-order valence-corrected chi connectivity index (χ0v) is 6.82. The first-order valence-electron chi connectivity index (χ1n) is 4.24. The molecule has 2 heterocycles. The van der Waals surface area contributed by atoms with Crippen molar-refractivity contribution in [1.82, 2.24) is 5.32 Å². The van der Waals surface area contributed by atoms with Crippen LogP contribution in [0.15, 0.2) is 17.5 Å². The van der Waals surface area contributed by atoms with E-state index in [4.69, 9.17) is 0 Å². The van der Waals surface area contributed by atoms with Gasteiger partial charge in [-0.1, -0.05) is 0 Å². The van der Waals surface area contributed by atoms with Crippen molar-refractivity contribution in [2.45, 2.75) is 12.8 Å². The minimum absolute atomic E-state index is 0.534. The number of hydrogen-bond acceptors (Lipinski definition) is 4. The summed E-state index contributed by atoms with van der Waals surface area (Å²) in [5.74, 6) is 0.534. The average Bonchev–Trinajstić information content (AvgIpc) is 2.21. The molecule has 66 valence electrons. The molecule has 0 aromatic carbocycles. The molecule has 0 aromatic heterocycles. The first-order chi connectivity index (χ1) is 5.97. The highest BCUT2D eigenvalue weighted by Crippen LogP contribution is 2.16. The maximum atomic E-state index is 4.52. The molecule has 4 nitrogen and oxygen atoms in total. The molecular weight excluding hydrogens is 156 g/mol. The Morgan fingerprint density at radius 2 is 2.25 bits per heavy atom. The van der Waals surface area contributed by atoms with Gasteiger partial charge in [0.1, 0.15) is 6.26 Å². The Labute approximate surface area is 71.1 Å². The second kappa shape index (κ2) is 3.58. The van der Waals surface area contributed by atoms with Crippen molar-refractivity contribution in [2.24, 2.45) is 11.1 Å². The molecule has 1 N–H and O–H groups in total. The minimum Gasteiger partial charge on any atom is -0.317 e. The summed E-state index contributed by atoms with van der Waals surface area (Å²) in [5, 5.41) is 7.14. The molecule has 0 aromatic rings. The summed E-state index contributed by atoms with van der Waals surface area (Å²) in [6.45, 7) is 2.14. The third-order valence-electron chi connectivity index (χ3n) is 2.24. The Morgan fingerprint density at radius 3 is 2.92 bits per heavy atom. The van der Waals surface area contributed by atoms with Gasteiger partial charge in [0.25, 0.3) is 0 Å². The second-order valence-corrected chi connectivity index (χ2v) is 3.01. The Balaban J connectivity index is 1.97. The van der Waals surface area contributed by atoms with Gasteiger partial charge < -0.3 is 5.32 Å². The van der Waals surface area contributed by atoms with Crippen molar-refractivity contribution in [3.8, 4) is 0 Å². The fraction of sp³-hybridized carbons (Fsp3) is 0.625. The van der Waals surface area contributed by atoms with Crippen LogP contribution in [0.25, 0.3) is 0 Å². The van der Waals surface area contributed by atoms with E-state index in [9.17, 15) is 0 Å². The van der Waals surface area contributed by atoms with Gasteiger partial charge in [-0.25, -0.2) is 0 Å². The molecule has 0 amide bonds. The minimum atomic E-state index is 0.534. The highest BCUT2D eigenvalue weighted by atomic mass is 17.3. The summed E-state index contributed by atoms with van der Waals surface area (Å²) < 4.78 is 0. The number of rotatable bonds is 1. The zero-order valence-electron chi connectivity index (χ0n) is 6.82. The molecule has 2 rings (SSSR count). The van der Waals surface area contributed by atoms with E-state index in [1.807, 2.05) is 6.08 Å². The predicted molar refractivity (Wildman–Crippen MR) is 44.3 cm³/mol. The van der Waals surface area contributed by atoms with Crippen molar-refractivity contribution >= 4 is 5.71 Å². The summed E-state index contributed by atoms with van der Waals surface area (Å²) in [6.07, 6.45) is 5.67. The van der Waals surface area contributed by atoms with Crippen LogP contribution in [0.2, 0.25) is 0 Å². The van der Waals surface area contributed by atoms with Gasteiger partial charge in [-0.3, -0.25) is 4.89 Å². The molecule has 0 aliphatic carbocycles. The van der Waals surface area contributed by atoms with Gasteiger partial charge in [0.2, 0.25) is 0 Å². The van der Waals surface area contributed by atoms with E-state index in [0.29, 0.717) is 5.92 Å². The standard InChI is InChI=1S/C8H12N2O2/c1-4-9-5-2-7(1)8-3-6-11-12-10-8/h3,6-7,9H,1-2,4-5H2. The van der Waals surface area contributed by atoms with E-state index in [-0.39, 0.29) is 0 Å². The molecule has 1 saturated heterocycles. The Hall–Kier alpha value is -1.03. The highest BCUT2D eigenvalue weighted by Gasteiger charge is 2.19. The van der Waals surface area contributed by atoms with Crippen molar-refractivity contribution in [1.29, 1.82) is 0 Å². The Morgan fingerprint density at radius 1 is 1.42 bits per heavy atom. The predicted octanol–water partition coefficient (Wildman–Crippen LogP) is 0.817. The molecule has 0 atom stereocenters. The lowest BCUT2D eigenvalue weighted by Crippen LogP contribution is -2.31. The van der Waals surface area contributed by atoms with Gasteiger partial charge in [-0.05, 0) is 31.1 Å². The smallest absolute Gasteiger partial charge is 0.147 e. The molecule has 0 unspecified atom stereocenters. The number of piperidine rings is 1. The van der Waals surface area contributed by atoms with Gasteiger partial charge in [0.15, 0.2) is 0 Å². The summed E-state index contributed by atoms with van der Waals surface area (Å²) in [5.41, 5.74) is 1.00. The van der Waals surface area contributed by atoms with E-state index in [1.165, 1.54) is 6.26 Å². The molecule has 1 fully saturated rings. The van der Waals surface area contributed by atoms with Crippen molar-refractivity contribution in [3.05, 3.63) is 12.3 Å². The van der Waals surface area contributed by atoms with Gasteiger partial charge in [0.05, 0.1) is 5.71 Å². The molecule has 12 heavy (non-hydrogen) atoms. The van der Waals surface area contributed by atoms with Crippen LogP contribution >= 0.6 is 0 Å². The molecule has 2 aliphatic rings. The molecular formula is C8H12N2O2. The first kappa shape index (κ1) is 7.61. The van der Waals surface area contributed by atoms with Crippen LogP contribution < -0.4 is 5.32 Å². The molecule has 0 saturated carbocycles. The van der Waals surface area contributed by atoms with Gasteiger partial charge >= 0.3 is 0 Å². The van der Waals surface area contributed by atoms with E-state index in [0.717, 1.165) is 31.6 Å². The molecule has 0 radical (unpaired) electrons. The van der Waals surface area contributed by atoms with Gasteiger partial charge in [-0.15, -0.1) is 0 Å².